The molecule has 2 heterocycles. The van der Waals surface area contributed by atoms with E-state index >= 15 is 0 Å². The van der Waals surface area contributed by atoms with Crippen LogP contribution in [-0.2, 0) is 0 Å². The number of nitrogens with one attached hydrogen (secondary N) is 1. The van der Waals surface area contributed by atoms with Gasteiger partial charge in [-0.05, 0) is 17.9 Å². The molecule has 1 aromatic heterocycles. The summed E-state index contributed by atoms with van der Waals surface area (Å²) in [7, 11) is 0. The molecule has 2 atom stereocenters. The zero-order chi connectivity index (χ0) is 9.26. The number of nitrogens with zero attached hydrogens (tertiary/aromatic N) is 2. The van der Waals surface area contributed by atoms with Gasteiger partial charge in [-0.1, -0.05) is 13.8 Å². The third-order valence-corrected chi connectivity index (χ3v) is 2.78. The van der Waals surface area contributed by atoms with Crippen LogP contribution in [0, 0.1) is 11.8 Å². The lowest BCUT2D eigenvalue weighted by Crippen LogP contribution is -2.48. The SMILES string of the molecule is CC(C)C1CNC1c1ccncn1. The third-order valence-electron chi connectivity index (χ3n) is 2.78. The Morgan fingerprint density at radius 2 is 2.38 bits per heavy atom. The first-order chi connectivity index (χ1) is 6.29. The summed E-state index contributed by atoms with van der Waals surface area (Å²) < 4.78 is 0. The van der Waals surface area contributed by atoms with Crippen LogP contribution >= 0.6 is 0 Å². The molecule has 2 rings (SSSR count). The Bertz CT molecular complexity index is 271. The van der Waals surface area contributed by atoms with Crippen molar-refractivity contribution in [3.8, 4) is 0 Å². The predicted molar refractivity (Wildman–Crippen MR) is 51.1 cm³/mol. The van der Waals surface area contributed by atoms with E-state index in [2.05, 4.69) is 29.1 Å². The van der Waals surface area contributed by atoms with Crippen molar-refractivity contribution in [1.29, 1.82) is 0 Å². The monoisotopic (exact) mass is 177 g/mol. The summed E-state index contributed by atoms with van der Waals surface area (Å²) in [6, 6.07) is 2.44. The molecule has 3 nitrogen and oxygen atoms in total. The molecule has 1 fully saturated rings. The maximum absolute atomic E-state index is 4.26. The summed E-state index contributed by atoms with van der Waals surface area (Å²) in [6.45, 7) is 5.64. The van der Waals surface area contributed by atoms with E-state index in [9.17, 15) is 0 Å². The molecule has 3 heteroatoms. The first kappa shape index (κ1) is 8.63. The van der Waals surface area contributed by atoms with Gasteiger partial charge in [0.05, 0.1) is 11.7 Å². The summed E-state index contributed by atoms with van der Waals surface area (Å²) >= 11 is 0. The lowest BCUT2D eigenvalue weighted by Gasteiger charge is -2.40. The molecule has 1 aliphatic heterocycles. The molecule has 1 N–H and O–H groups in total. The van der Waals surface area contributed by atoms with Crippen LogP contribution in [0.25, 0.3) is 0 Å². The molecule has 13 heavy (non-hydrogen) atoms. The van der Waals surface area contributed by atoms with E-state index in [0.29, 0.717) is 6.04 Å². The minimum Gasteiger partial charge on any atom is -0.308 e. The van der Waals surface area contributed by atoms with Crippen LogP contribution in [0.5, 0.6) is 0 Å². The largest absolute Gasteiger partial charge is 0.308 e. The van der Waals surface area contributed by atoms with Crippen LogP contribution < -0.4 is 5.32 Å². The fourth-order valence-corrected chi connectivity index (χ4v) is 1.80. The van der Waals surface area contributed by atoms with E-state index < -0.39 is 0 Å². The number of aromatic nitrogens is 2. The average molecular weight is 177 g/mol. The Hall–Kier alpha value is -0.960. The van der Waals surface area contributed by atoms with Crippen molar-refractivity contribution >= 4 is 0 Å². The molecule has 0 aromatic carbocycles. The first-order valence-electron chi connectivity index (χ1n) is 4.78. The van der Waals surface area contributed by atoms with Crippen LogP contribution in [-0.4, -0.2) is 16.5 Å². The van der Waals surface area contributed by atoms with E-state index in [1.165, 1.54) is 0 Å². The van der Waals surface area contributed by atoms with Crippen molar-refractivity contribution in [1.82, 2.24) is 15.3 Å². The topological polar surface area (TPSA) is 37.8 Å². The zero-order valence-electron chi connectivity index (χ0n) is 8.07. The smallest absolute Gasteiger partial charge is 0.115 e. The van der Waals surface area contributed by atoms with Gasteiger partial charge in [-0.25, -0.2) is 9.97 Å². The highest BCUT2D eigenvalue weighted by molar-refractivity contribution is 5.11. The minimum atomic E-state index is 0.447. The van der Waals surface area contributed by atoms with Crippen molar-refractivity contribution in [3.63, 3.8) is 0 Å². The fourth-order valence-electron chi connectivity index (χ4n) is 1.80. The van der Waals surface area contributed by atoms with Crippen molar-refractivity contribution < 1.29 is 0 Å². The lowest BCUT2D eigenvalue weighted by atomic mass is 9.80. The third kappa shape index (κ3) is 1.56. The second kappa shape index (κ2) is 3.42. The van der Waals surface area contributed by atoms with Crippen LogP contribution in [0.15, 0.2) is 18.6 Å². The van der Waals surface area contributed by atoms with E-state index in [-0.39, 0.29) is 0 Å². The summed E-state index contributed by atoms with van der Waals surface area (Å²) in [6.07, 6.45) is 3.42. The van der Waals surface area contributed by atoms with Gasteiger partial charge in [-0.3, -0.25) is 0 Å². The van der Waals surface area contributed by atoms with E-state index in [4.69, 9.17) is 0 Å². The summed E-state index contributed by atoms with van der Waals surface area (Å²) in [5, 5.41) is 3.40. The molecule has 0 amide bonds. The number of rotatable bonds is 2. The number of hydrogen-bond acceptors (Lipinski definition) is 3. The Balaban J connectivity index is 2.11. The van der Waals surface area contributed by atoms with Crippen molar-refractivity contribution in [2.24, 2.45) is 11.8 Å². The molecule has 0 saturated carbocycles. The standard InChI is InChI=1S/C10H15N3/c1-7(2)8-5-12-10(8)9-3-4-11-6-13-9/h3-4,6-8,10,12H,5H2,1-2H3. The van der Waals surface area contributed by atoms with Gasteiger partial charge < -0.3 is 5.32 Å². The Kier molecular flexibility index (Phi) is 2.27. The summed E-state index contributed by atoms with van der Waals surface area (Å²) in [4.78, 5) is 8.18. The molecule has 70 valence electrons. The van der Waals surface area contributed by atoms with Gasteiger partial charge in [-0.2, -0.15) is 0 Å². The van der Waals surface area contributed by atoms with Gasteiger partial charge in [-0.15, -0.1) is 0 Å². The Labute approximate surface area is 78.6 Å². The van der Waals surface area contributed by atoms with Gasteiger partial charge in [0.15, 0.2) is 0 Å². The zero-order valence-corrected chi connectivity index (χ0v) is 8.07. The van der Waals surface area contributed by atoms with Gasteiger partial charge in [0.1, 0.15) is 6.33 Å². The molecule has 0 bridgehead atoms. The quantitative estimate of drug-likeness (QED) is 0.742. The predicted octanol–water partition coefficient (Wildman–Crippen LogP) is 1.39. The van der Waals surface area contributed by atoms with Gasteiger partial charge in [0.25, 0.3) is 0 Å². The fraction of sp³-hybridized carbons (Fsp3) is 0.600. The molecular formula is C10H15N3. The molecule has 1 aromatic rings. The summed E-state index contributed by atoms with van der Waals surface area (Å²) in [5.41, 5.74) is 1.12. The normalized spacial score (nSPS) is 27.3. The molecule has 0 radical (unpaired) electrons. The van der Waals surface area contributed by atoms with Crippen LogP contribution in [0.1, 0.15) is 25.6 Å². The second-order valence-electron chi connectivity index (χ2n) is 3.93. The summed E-state index contributed by atoms with van der Waals surface area (Å²) in [5.74, 6) is 1.45. The van der Waals surface area contributed by atoms with Crippen molar-refractivity contribution in [2.75, 3.05) is 6.54 Å². The first-order valence-corrected chi connectivity index (χ1v) is 4.78. The highest BCUT2D eigenvalue weighted by atomic mass is 15.0. The van der Waals surface area contributed by atoms with Gasteiger partial charge in [0, 0.05) is 12.7 Å². The molecule has 1 saturated heterocycles. The highest BCUT2D eigenvalue weighted by Crippen LogP contribution is 2.32. The average Bonchev–Trinajstić information content (AvgIpc) is 2.02. The maximum atomic E-state index is 4.26. The van der Waals surface area contributed by atoms with Crippen molar-refractivity contribution in [2.45, 2.75) is 19.9 Å². The molecule has 0 aliphatic carbocycles. The maximum Gasteiger partial charge on any atom is 0.115 e. The van der Waals surface area contributed by atoms with E-state index in [1.807, 2.05) is 6.07 Å². The number of hydrogen-bond donors (Lipinski definition) is 1. The molecule has 1 aliphatic rings. The molecule has 0 spiro atoms. The van der Waals surface area contributed by atoms with Crippen LogP contribution in [0.2, 0.25) is 0 Å². The second-order valence-corrected chi connectivity index (χ2v) is 3.93. The minimum absolute atomic E-state index is 0.447. The van der Waals surface area contributed by atoms with Gasteiger partial charge >= 0.3 is 0 Å². The molecule has 2 unspecified atom stereocenters. The van der Waals surface area contributed by atoms with E-state index in [0.717, 1.165) is 24.1 Å². The highest BCUT2D eigenvalue weighted by Gasteiger charge is 2.34. The van der Waals surface area contributed by atoms with Crippen molar-refractivity contribution in [3.05, 3.63) is 24.3 Å². The van der Waals surface area contributed by atoms with Gasteiger partial charge in [0.2, 0.25) is 0 Å². The lowest BCUT2D eigenvalue weighted by molar-refractivity contribution is 0.170. The Morgan fingerprint density at radius 3 is 2.85 bits per heavy atom. The van der Waals surface area contributed by atoms with Crippen LogP contribution in [0.4, 0.5) is 0 Å². The van der Waals surface area contributed by atoms with Crippen LogP contribution in [0.3, 0.4) is 0 Å². The van der Waals surface area contributed by atoms with E-state index in [1.54, 1.807) is 12.5 Å². The Morgan fingerprint density at radius 1 is 1.54 bits per heavy atom. The molecular weight excluding hydrogens is 162 g/mol.